The summed E-state index contributed by atoms with van der Waals surface area (Å²) in [5.74, 6) is -1.75. The van der Waals surface area contributed by atoms with E-state index in [1.54, 1.807) is 12.1 Å². The van der Waals surface area contributed by atoms with E-state index in [9.17, 15) is 19.1 Å². The number of nitrogen functional groups attached to an aromatic ring is 1. The third kappa shape index (κ3) is 3.52. The van der Waals surface area contributed by atoms with Gasteiger partial charge in [-0.05, 0) is 29.3 Å². The van der Waals surface area contributed by atoms with Gasteiger partial charge >= 0.3 is 0 Å². The van der Waals surface area contributed by atoms with Gasteiger partial charge < -0.3 is 25.8 Å². The molecule has 9 heteroatoms. The van der Waals surface area contributed by atoms with Gasteiger partial charge in [-0.15, -0.1) is 0 Å². The summed E-state index contributed by atoms with van der Waals surface area (Å²) in [5, 5.41) is 21.6. The summed E-state index contributed by atoms with van der Waals surface area (Å²) < 4.78 is 14.4. The first kappa shape index (κ1) is 19.3. The summed E-state index contributed by atoms with van der Waals surface area (Å²) in [6.45, 7) is -0.348. The van der Waals surface area contributed by atoms with Crippen molar-refractivity contribution in [2.75, 3.05) is 18.9 Å². The van der Waals surface area contributed by atoms with Crippen molar-refractivity contribution in [3.8, 4) is 5.75 Å². The lowest BCUT2D eigenvalue weighted by atomic mass is 10.0. The molecule has 0 atom stereocenters. The number of fused-ring (bicyclic) bond motifs is 1. The molecule has 0 saturated heterocycles. The lowest BCUT2D eigenvalue weighted by Crippen LogP contribution is -2.34. The van der Waals surface area contributed by atoms with Gasteiger partial charge in [0.25, 0.3) is 11.5 Å². The third-order valence-corrected chi connectivity index (χ3v) is 4.39. The summed E-state index contributed by atoms with van der Waals surface area (Å²) in [5.41, 5.74) is 6.81. The smallest absolute Gasteiger partial charge is 0.267 e. The molecule has 3 rings (SSSR count). The first-order valence-corrected chi connectivity index (χ1v) is 8.47. The van der Waals surface area contributed by atoms with Gasteiger partial charge in [-0.2, -0.15) is 0 Å². The van der Waals surface area contributed by atoms with Crippen molar-refractivity contribution in [3.63, 3.8) is 0 Å². The van der Waals surface area contributed by atoms with Crippen molar-refractivity contribution < 1.29 is 19.4 Å². The summed E-state index contributed by atoms with van der Waals surface area (Å²) in [6.07, 6.45) is 1.84. The number of amides is 1. The minimum Gasteiger partial charge on any atom is -0.505 e. The van der Waals surface area contributed by atoms with Crippen LogP contribution in [0.2, 0.25) is 0 Å². The number of pyridine rings is 2. The molecular weight excluding hydrogens is 367 g/mol. The zero-order chi connectivity index (χ0) is 20.4. The van der Waals surface area contributed by atoms with Crippen molar-refractivity contribution in [2.24, 2.45) is 7.05 Å². The van der Waals surface area contributed by atoms with E-state index in [2.05, 4.69) is 10.3 Å². The number of nitrogens with one attached hydrogen (secondary N) is 1. The Hall–Kier alpha value is -3.46. The highest BCUT2D eigenvalue weighted by molar-refractivity contribution is 6.01. The van der Waals surface area contributed by atoms with Gasteiger partial charge in [0.2, 0.25) is 0 Å². The highest BCUT2D eigenvalue weighted by atomic mass is 19.1. The van der Waals surface area contributed by atoms with Gasteiger partial charge in [-0.25, -0.2) is 4.39 Å². The van der Waals surface area contributed by atoms with E-state index in [0.717, 1.165) is 0 Å². The zero-order valence-electron chi connectivity index (χ0n) is 15.1. The number of halogens is 1. The molecule has 1 amide bonds. The number of anilines is 1. The van der Waals surface area contributed by atoms with E-state index in [4.69, 9.17) is 10.8 Å². The summed E-state index contributed by atoms with van der Waals surface area (Å²) in [6, 6.07) is 5.75. The van der Waals surface area contributed by atoms with Gasteiger partial charge in [0.15, 0.2) is 5.75 Å². The van der Waals surface area contributed by atoms with Crippen LogP contribution >= 0.6 is 0 Å². The number of aryl methyl sites for hydroxylation is 1. The molecule has 0 fully saturated rings. The summed E-state index contributed by atoms with van der Waals surface area (Å²) in [7, 11) is 1.46. The van der Waals surface area contributed by atoms with Gasteiger partial charge in [0.05, 0.1) is 12.1 Å². The molecule has 0 saturated carbocycles. The number of aliphatic hydroxyl groups excluding tert-OH is 1. The number of benzene rings is 1. The second kappa shape index (κ2) is 7.65. The Morgan fingerprint density at radius 3 is 2.79 bits per heavy atom. The number of carbonyl (C=O) groups is 1. The Labute approximate surface area is 159 Å². The molecule has 28 heavy (non-hydrogen) atoms. The first-order chi connectivity index (χ1) is 13.3. The fourth-order valence-electron chi connectivity index (χ4n) is 2.94. The van der Waals surface area contributed by atoms with E-state index in [1.165, 1.54) is 29.9 Å². The molecule has 0 bridgehead atoms. The Bertz CT molecular complexity index is 1130. The maximum Gasteiger partial charge on any atom is 0.267 e. The molecule has 0 radical (unpaired) electrons. The average molecular weight is 386 g/mol. The molecule has 0 aliphatic rings. The maximum atomic E-state index is 13.2. The number of hydrogen-bond donors (Lipinski definition) is 4. The number of aromatic hydroxyl groups is 1. The predicted molar refractivity (Wildman–Crippen MR) is 102 cm³/mol. The molecule has 5 N–H and O–H groups in total. The van der Waals surface area contributed by atoms with Crippen LogP contribution in [0.25, 0.3) is 11.0 Å². The van der Waals surface area contributed by atoms with Gasteiger partial charge in [-0.3, -0.25) is 14.6 Å². The number of hydrogen-bond acceptors (Lipinski definition) is 6. The van der Waals surface area contributed by atoms with E-state index in [-0.39, 0.29) is 18.7 Å². The highest BCUT2D eigenvalue weighted by Crippen LogP contribution is 2.26. The summed E-state index contributed by atoms with van der Waals surface area (Å²) >= 11 is 0. The maximum absolute atomic E-state index is 13.2. The second-order valence-electron chi connectivity index (χ2n) is 6.30. The lowest BCUT2D eigenvalue weighted by molar-refractivity contribution is 0.0940. The topological polar surface area (TPSA) is 130 Å². The SMILES string of the molecule is Cn1c(=O)c(C(=O)NCCO)c(O)c2ncc(Cc3ccc(F)cc3N)cc21. The van der Waals surface area contributed by atoms with Crippen molar-refractivity contribution in [1.29, 1.82) is 0 Å². The number of rotatable bonds is 5. The minimum absolute atomic E-state index is 0.0507. The van der Waals surface area contributed by atoms with Crippen molar-refractivity contribution in [1.82, 2.24) is 14.9 Å². The number of nitrogens with zero attached hydrogens (tertiary/aromatic N) is 2. The minimum atomic E-state index is -0.793. The molecule has 0 unspecified atom stereocenters. The zero-order valence-corrected chi connectivity index (χ0v) is 15.1. The van der Waals surface area contributed by atoms with Crippen LogP contribution in [0.4, 0.5) is 10.1 Å². The Kier molecular flexibility index (Phi) is 5.27. The molecule has 0 aliphatic heterocycles. The molecule has 0 spiro atoms. The fraction of sp³-hybridized carbons (Fsp3) is 0.211. The second-order valence-corrected chi connectivity index (χ2v) is 6.30. The Morgan fingerprint density at radius 1 is 1.36 bits per heavy atom. The van der Waals surface area contributed by atoms with Gasteiger partial charge in [-0.1, -0.05) is 6.07 Å². The summed E-state index contributed by atoms with van der Waals surface area (Å²) in [4.78, 5) is 28.9. The fourth-order valence-corrected chi connectivity index (χ4v) is 2.94. The van der Waals surface area contributed by atoms with Crippen LogP contribution < -0.4 is 16.6 Å². The number of aromatic nitrogens is 2. The largest absolute Gasteiger partial charge is 0.505 e. The molecule has 3 aromatic rings. The molecule has 0 aliphatic carbocycles. The molecule has 8 nitrogen and oxygen atoms in total. The molecular formula is C19H19FN4O4. The van der Waals surface area contributed by atoms with Crippen molar-refractivity contribution >= 4 is 22.6 Å². The van der Waals surface area contributed by atoms with Crippen LogP contribution in [0.3, 0.4) is 0 Å². The quantitative estimate of drug-likeness (QED) is 0.477. The van der Waals surface area contributed by atoms with Crippen LogP contribution in [0.15, 0.2) is 35.3 Å². The van der Waals surface area contributed by atoms with Crippen LogP contribution in [0.5, 0.6) is 5.75 Å². The Balaban J connectivity index is 2.06. The van der Waals surface area contributed by atoms with Gasteiger partial charge in [0.1, 0.15) is 16.9 Å². The van der Waals surface area contributed by atoms with Crippen LogP contribution in [-0.4, -0.2) is 38.8 Å². The third-order valence-electron chi connectivity index (χ3n) is 4.39. The Morgan fingerprint density at radius 2 is 2.11 bits per heavy atom. The standard InChI is InChI=1S/C19H19FN4O4/c1-24-14-7-10(6-11-2-3-12(20)8-13(11)21)9-23-16(14)17(26)15(19(24)28)18(27)22-4-5-25/h2-3,7-9,25-26H,4-6,21H2,1H3,(H,22,27). The van der Waals surface area contributed by atoms with Crippen LogP contribution in [0.1, 0.15) is 21.5 Å². The van der Waals surface area contributed by atoms with Crippen LogP contribution in [-0.2, 0) is 13.5 Å². The van der Waals surface area contributed by atoms with E-state index in [0.29, 0.717) is 28.8 Å². The van der Waals surface area contributed by atoms with Gasteiger partial charge in [0, 0.05) is 31.9 Å². The van der Waals surface area contributed by atoms with E-state index < -0.39 is 28.6 Å². The molecule has 146 valence electrons. The highest BCUT2D eigenvalue weighted by Gasteiger charge is 2.22. The number of nitrogens with two attached hydrogens (primary N) is 1. The normalized spacial score (nSPS) is 11.0. The van der Waals surface area contributed by atoms with Crippen molar-refractivity contribution in [3.05, 3.63) is 63.3 Å². The average Bonchev–Trinajstić information content (AvgIpc) is 2.67. The van der Waals surface area contributed by atoms with Crippen molar-refractivity contribution in [2.45, 2.75) is 6.42 Å². The molecule has 1 aromatic carbocycles. The van der Waals surface area contributed by atoms with Crippen LogP contribution in [0, 0.1) is 5.82 Å². The number of carbonyl (C=O) groups excluding carboxylic acids is 1. The number of aliphatic hydroxyl groups is 1. The van der Waals surface area contributed by atoms with E-state index in [1.807, 2.05) is 0 Å². The van der Waals surface area contributed by atoms with E-state index >= 15 is 0 Å². The first-order valence-electron chi connectivity index (χ1n) is 8.47. The lowest BCUT2D eigenvalue weighted by Gasteiger charge is -2.13. The monoisotopic (exact) mass is 386 g/mol. The predicted octanol–water partition coefficient (Wildman–Crippen LogP) is 0.673. The molecule has 2 aromatic heterocycles. The molecule has 2 heterocycles.